The van der Waals surface area contributed by atoms with Crippen molar-refractivity contribution < 1.29 is 4.42 Å². The fraction of sp³-hybridized carbons (Fsp3) is 0.200. The maximum absolute atomic E-state index is 6.88. The minimum atomic E-state index is -0.0327. The molecule has 0 atom stereocenters. The zero-order valence-electron chi connectivity index (χ0n) is 40.2. The molecule has 0 unspecified atom stereocenters. The maximum Gasteiger partial charge on any atom is 0.159 e. The maximum atomic E-state index is 6.88. The number of rotatable bonds is 8. The monoisotopic (exact) mass is 880 g/mol. The second-order valence-electron chi connectivity index (χ2n) is 21.0. The number of fused-ring (bicyclic) bond motifs is 6. The van der Waals surface area contributed by atoms with Crippen LogP contribution in [-0.2, 0) is 18.3 Å². The highest BCUT2D eigenvalue weighted by atomic mass is 16.3. The first-order chi connectivity index (χ1) is 33.0. The quantitative estimate of drug-likeness (QED) is 0.142. The molecule has 3 heteroatoms. The normalized spacial score (nSPS) is 14.0. The molecule has 0 spiro atoms. The van der Waals surface area contributed by atoms with E-state index in [1.807, 2.05) is 0 Å². The molecule has 2 aliphatic rings. The number of aryl methyl sites for hydroxylation is 2. The first-order valence-electron chi connectivity index (χ1n) is 24.7. The molecule has 3 nitrogen and oxygen atoms in total. The van der Waals surface area contributed by atoms with Gasteiger partial charge in [-0.2, -0.15) is 0 Å². The number of anilines is 6. The molecule has 0 fully saturated rings. The molecule has 2 aliphatic carbocycles. The van der Waals surface area contributed by atoms with Gasteiger partial charge in [0.2, 0.25) is 0 Å². The second-order valence-corrected chi connectivity index (χ2v) is 21.0. The Morgan fingerprint density at radius 3 is 1.85 bits per heavy atom. The Morgan fingerprint density at radius 1 is 0.485 bits per heavy atom. The van der Waals surface area contributed by atoms with E-state index >= 15 is 0 Å². The van der Waals surface area contributed by atoms with E-state index in [0.29, 0.717) is 11.8 Å². The Hall–Kier alpha value is -7.36. The van der Waals surface area contributed by atoms with Gasteiger partial charge in [-0.15, -0.1) is 0 Å². The van der Waals surface area contributed by atoms with Crippen molar-refractivity contribution in [3.63, 3.8) is 0 Å². The van der Waals surface area contributed by atoms with Gasteiger partial charge in [0.05, 0.1) is 22.7 Å². The lowest BCUT2D eigenvalue weighted by atomic mass is 9.70. The summed E-state index contributed by atoms with van der Waals surface area (Å²) in [5, 5.41) is 10.2. The molecule has 0 amide bonds. The van der Waals surface area contributed by atoms with Crippen LogP contribution < -0.4 is 9.80 Å². The third-order valence-electron chi connectivity index (χ3n) is 15.8. The summed E-state index contributed by atoms with van der Waals surface area (Å²) in [6, 6.07) is 62.1. The minimum Gasteiger partial charge on any atom is -0.454 e. The molecule has 332 valence electrons. The smallest absolute Gasteiger partial charge is 0.159 e. The highest BCUT2D eigenvalue weighted by Gasteiger charge is 2.35. The van der Waals surface area contributed by atoms with E-state index in [4.69, 9.17) is 4.42 Å². The molecule has 1 aromatic heterocycles. The Labute approximate surface area is 399 Å². The van der Waals surface area contributed by atoms with E-state index in [-0.39, 0.29) is 5.41 Å². The van der Waals surface area contributed by atoms with E-state index in [1.165, 1.54) is 105 Å². The topological polar surface area (TPSA) is 19.6 Å². The van der Waals surface area contributed by atoms with E-state index in [9.17, 15) is 0 Å². The number of benzene rings is 10. The van der Waals surface area contributed by atoms with Crippen molar-refractivity contribution in [2.75, 3.05) is 9.80 Å². The molecule has 11 aromatic rings. The largest absolute Gasteiger partial charge is 0.454 e. The molecule has 0 aliphatic heterocycles. The molecule has 0 saturated heterocycles. The third-order valence-corrected chi connectivity index (χ3v) is 15.8. The van der Waals surface area contributed by atoms with Gasteiger partial charge in [0.25, 0.3) is 0 Å². The number of nitrogens with zero attached hydrogens (tertiary/aromatic N) is 2. The van der Waals surface area contributed by atoms with E-state index in [0.717, 1.165) is 52.6 Å². The number of hydrogen-bond acceptors (Lipinski definition) is 3. The predicted octanol–water partition coefficient (Wildman–Crippen LogP) is 18.8. The van der Waals surface area contributed by atoms with Crippen molar-refractivity contribution in [1.29, 1.82) is 0 Å². The minimum absolute atomic E-state index is 0.0327. The van der Waals surface area contributed by atoms with Crippen molar-refractivity contribution >= 4 is 88.4 Å². The van der Waals surface area contributed by atoms with Gasteiger partial charge in [-0.1, -0.05) is 145 Å². The molecule has 0 saturated carbocycles. The van der Waals surface area contributed by atoms with Crippen LogP contribution in [-0.4, -0.2) is 0 Å². The summed E-state index contributed by atoms with van der Waals surface area (Å²) < 4.78 is 6.88. The van der Waals surface area contributed by atoms with Gasteiger partial charge in [0.1, 0.15) is 5.58 Å². The average Bonchev–Trinajstić information content (AvgIpc) is 3.93. The van der Waals surface area contributed by atoms with Crippen LogP contribution in [0.2, 0.25) is 0 Å². The fourth-order valence-electron chi connectivity index (χ4n) is 12.1. The Morgan fingerprint density at radius 2 is 1.10 bits per heavy atom. The second kappa shape index (κ2) is 15.1. The van der Waals surface area contributed by atoms with Gasteiger partial charge in [-0.25, -0.2) is 0 Å². The van der Waals surface area contributed by atoms with Gasteiger partial charge in [0.15, 0.2) is 5.58 Å². The summed E-state index contributed by atoms with van der Waals surface area (Å²) in [7, 11) is 0. The van der Waals surface area contributed by atoms with Crippen molar-refractivity contribution in [3.05, 3.63) is 203 Å². The molecule has 68 heavy (non-hydrogen) atoms. The number of furan rings is 1. The van der Waals surface area contributed by atoms with E-state index in [2.05, 4.69) is 222 Å². The van der Waals surface area contributed by atoms with Crippen molar-refractivity contribution in [1.82, 2.24) is 0 Å². The third kappa shape index (κ3) is 6.04. The lowest BCUT2D eigenvalue weighted by Gasteiger charge is -2.37. The lowest BCUT2D eigenvalue weighted by molar-refractivity contribution is 0.475. The fourth-order valence-corrected chi connectivity index (χ4v) is 12.1. The molecule has 0 N–H and O–H groups in total. The van der Waals surface area contributed by atoms with Crippen LogP contribution in [0.4, 0.5) is 34.1 Å². The molecule has 0 radical (unpaired) electrons. The molecule has 1 heterocycles. The van der Waals surface area contributed by atoms with Gasteiger partial charge < -0.3 is 14.2 Å². The summed E-state index contributed by atoms with van der Waals surface area (Å²) in [5.74, 6) is 0.865. The first-order valence-corrected chi connectivity index (χ1v) is 24.7. The molecule has 13 rings (SSSR count). The zero-order valence-corrected chi connectivity index (χ0v) is 40.2. The van der Waals surface area contributed by atoms with Gasteiger partial charge >= 0.3 is 0 Å². The van der Waals surface area contributed by atoms with E-state index in [1.54, 1.807) is 0 Å². The Kier molecular flexibility index (Phi) is 9.06. The molecular weight excluding hydrogens is 825 g/mol. The van der Waals surface area contributed by atoms with Crippen LogP contribution >= 0.6 is 0 Å². The van der Waals surface area contributed by atoms with Crippen molar-refractivity contribution in [3.8, 4) is 11.1 Å². The number of para-hydroxylation sites is 2. The average molecular weight is 881 g/mol. The zero-order chi connectivity index (χ0) is 46.2. The van der Waals surface area contributed by atoms with Crippen LogP contribution in [0.1, 0.15) is 98.7 Å². The van der Waals surface area contributed by atoms with Crippen molar-refractivity contribution in [2.45, 2.75) is 85.0 Å². The van der Waals surface area contributed by atoms with Crippen molar-refractivity contribution in [2.24, 2.45) is 0 Å². The summed E-state index contributed by atoms with van der Waals surface area (Å²) in [6.07, 6.45) is 2.98. The summed E-state index contributed by atoms with van der Waals surface area (Å²) in [6.45, 7) is 16.4. The Bertz CT molecular complexity index is 3810. The van der Waals surface area contributed by atoms with Gasteiger partial charge in [0, 0.05) is 44.7 Å². The van der Waals surface area contributed by atoms with Crippen LogP contribution in [0.3, 0.4) is 0 Å². The van der Waals surface area contributed by atoms with Gasteiger partial charge in [-0.3, -0.25) is 0 Å². The summed E-state index contributed by atoms with van der Waals surface area (Å²) in [5.41, 5.74) is 21.0. The van der Waals surface area contributed by atoms with Crippen LogP contribution in [0.25, 0.3) is 65.4 Å². The molecule has 0 bridgehead atoms. The van der Waals surface area contributed by atoms with Crippen LogP contribution in [0, 0.1) is 6.92 Å². The van der Waals surface area contributed by atoms with Crippen LogP contribution in [0.5, 0.6) is 0 Å². The van der Waals surface area contributed by atoms with Crippen LogP contribution in [0.15, 0.2) is 168 Å². The Balaban J connectivity index is 1.14. The first kappa shape index (κ1) is 40.9. The molecule has 10 aromatic carbocycles. The lowest BCUT2D eigenvalue weighted by Crippen LogP contribution is -2.24. The summed E-state index contributed by atoms with van der Waals surface area (Å²) >= 11 is 0. The molecular formula is C65H56N2O. The number of hydrogen-bond donors (Lipinski definition) is 0. The van der Waals surface area contributed by atoms with E-state index < -0.39 is 0 Å². The predicted molar refractivity (Wildman–Crippen MR) is 289 cm³/mol. The highest BCUT2D eigenvalue weighted by molar-refractivity contribution is 6.30. The highest BCUT2D eigenvalue weighted by Crippen LogP contribution is 2.55. The SMILES string of the molecule is Cc1cc(N(c2ccc(C(C)C)cc2)c2cccc3c2Cc2ccccc2-3)c2cc3c4c(cc(N(c5ccc(C(C)C)cc5)c5cccc6c5oc5ccccc56)c5ccc1c2c54)CCC3(C)C. The van der Waals surface area contributed by atoms with Gasteiger partial charge in [-0.05, 0) is 164 Å². The standard InChI is InChI=1S/C65H56N2O/c1-38(2)41-22-26-45(27-23-41)66(56-19-12-17-49-48-15-9-8-14-43(48)35-53(49)56)58-34-40(5)47-30-31-52-59(36-44-32-33-65(6,7)55-37-54(58)62(47)63(52)61(44)55)67(46-28-24-42(25-29-46)39(3)4)57-20-13-18-51-50-16-10-11-21-60(50)68-64(51)57/h8-31,34,36-39H,32-33,35H2,1-7H3. The summed E-state index contributed by atoms with van der Waals surface area (Å²) in [4.78, 5) is 5.10.